The summed E-state index contributed by atoms with van der Waals surface area (Å²) in [5, 5.41) is 8.72. The Morgan fingerprint density at radius 3 is 2.28 bits per heavy atom. The highest BCUT2D eigenvalue weighted by Crippen LogP contribution is 2.13. The zero-order valence-corrected chi connectivity index (χ0v) is 11.8. The zero-order valence-electron chi connectivity index (χ0n) is 9.36. The largest absolute Gasteiger partial charge is 0.506 e. The number of rotatable bonds is 1. The molecule has 0 bridgehead atoms. The fraction of sp³-hybridized carbons (Fsp3) is 0.444. The molecule has 1 aromatic heterocycles. The maximum atomic E-state index is 10.4. The average molecular weight is 341 g/mol. The summed E-state index contributed by atoms with van der Waals surface area (Å²) in [6.45, 7) is 1.22. The molecule has 0 aromatic carbocycles. The van der Waals surface area contributed by atoms with E-state index in [0.29, 0.717) is 13.2 Å². The molecule has 1 aromatic rings. The number of aromatic nitrogens is 1. The first-order chi connectivity index (χ1) is 8.39. The van der Waals surface area contributed by atoms with E-state index in [1.807, 2.05) is 0 Å². The third kappa shape index (κ3) is 5.74. The Balaban J connectivity index is 0.000000184. The van der Waals surface area contributed by atoms with Gasteiger partial charge in [0.15, 0.2) is 0 Å². The van der Waals surface area contributed by atoms with Gasteiger partial charge in [0, 0.05) is 23.8 Å². The Hall–Kier alpha value is -0.740. The van der Waals surface area contributed by atoms with Gasteiger partial charge in [-0.3, -0.25) is 9.54 Å². The van der Waals surface area contributed by atoms with E-state index in [4.69, 9.17) is 14.4 Å². The van der Waals surface area contributed by atoms with Crippen molar-refractivity contribution in [1.82, 2.24) is 9.29 Å². The third-order valence-corrected chi connectivity index (χ3v) is 3.44. The van der Waals surface area contributed by atoms with Crippen molar-refractivity contribution >= 4 is 26.2 Å². The molecule has 2 heterocycles. The third-order valence-electron chi connectivity index (χ3n) is 1.99. The maximum absolute atomic E-state index is 10.4. The molecule has 7 nitrogen and oxygen atoms in total. The number of aromatic hydroxyl groups is 1. The summed E-state index contributed by atoms with van der Waals surface area (Å²) in [7, 11) is -3.97. The first kappa shape index (κ1) is 15.3. The summed E-state index contributed by atoms with van der Waals surface area (Å²) in [6, 6.07) is 1.58. The molecule has 1 saturated heterocycles. The minimum Gasteiger partial charge on any atom is -0.506 e. The van der Waals surface area contributed by atoms with Crippen molar-refractivity contribution in [1.29, 1.82) is 0 Å². The van der Waals surface area contributed by atoms with Gasteiger partial charge in [0.2, 0.25) is 0 Å². The Labute approximate surface area is 113 Å². The summed E-state index contributed by atoms with van der Waals surface area (Å²) in [5.41, 5.74) is 0. The van der Waals surface area contributed by atoms with Gasteiger partial charge in [-0.15, -0.1) is 0 Å². The first-order valence-electron chi connectivity index (χ1n) is 4.99. The second-order valence-electron chi connectivity index (χ2n) is 3.35. The van der Waals surface area contributed by atoms with Crippen LogP contribution in [0.3, 0.4) is 0 Å². The lowest BCUT2D eigenvalue weighted by Gasteiger charge is -2.22. The summed E-state index contributed by atoms with van der Waals surface area (Å²) >= 11 is 3.14. The van der Waals surface area contributed by atoms with Gasteiger partial charge < -0.3 is 9.84 Å². The van der Waals surface area contributed by atoms with Gasteiger partial charge in [-0.2, -0.15) is 12.7 Å². The molecule has 2 rings (SSSR count). The van der Waals surface area contributed by atoms with E-state index in [2.05, 4.69) is 20.9 Å². The Morgan fingerprint density at radius 2 is 1.94 bits per heavy atom. The van der Waals surface area contributed by atoms with Gasteiger partial charge in [0.25, 0.3) is 0 Å². The van der Waals surface area contributed by atoms with Crippen molar-refractivity contribution in [3.05, 3.63) is 22.9 Å². The van der Waals surface area contributed by atoms with Crippen LogP contribution in [0.2, 0.25) is 0 Å². The van der Waals surface area contributed by atoms with Crippen molar-refractivity contribution in [3.63, 3.8) is 0 Å². The molecule has 0 atom stereocenters. The van der Waals surface area contributed by atoms with Crippen LogP contribution in [-0.4, -0.2) is 53.7 Å². The van der Waals surface area contributed by atoms with Crippen molar-refractivity contribution in [3.8, 4) is 5.75 Å². The van der Waals surface area contributed by atoms with E-state index in [9.17, 15) is 8.42 Å². The SMILES string of the molecule is O=S(=O)(O)N1CCOCC1.Oc1cncc(Br)c1. The van der Waals surface area contributed by atoms with Gasteiger partial charge in [-0.05, 0) is 22.0 Å². The number of hydrogen-bond acceptors (Lipinski definition) is 5. The van der Waals surface area contributed by atoms with Crippen LogP contribution in [-0.2, 0) is 15.0 Å². The van der Waals surface area contributed by atoms with Crippen LogP contribution in [0.5, 0.6) is 5.75 Å². The molecule has 102 valence electrons. The van der Waals surface area contributed by atoms with E-state index in [-0.39, 0.29) is 18.8 Å². The van der Waals surface area contributed by atoms with Gasteiger partial charge >= 0.3 is 10.3 Å². The Morgan fingerprint density at radius 1 is 1.33 bits per heavy atom. The van der Waals surface area contributed by atoms with E-state index < -0.39 is 10.3 Å². The highest BCUT2D eigenvalue weighted by Gasteiger charge is 2.20. The summed E-state index contributed by atoms with van der Waals surface area (Å²) < 4.78 is 36.0. The molecule has 1 aliphatic rings. The van der Waals surface area contributed by atoms with Gasteiger partial charge in [0.1, 0.15) is 5.75 Å². The highest BCUT2D eigenvalue weighted by molar-refractivity contribution is 9.10. The van der Waals surface area contributed by atoms with Gasteiger partial charge in [0.05, 0.1) is 19.4 Å². The summed E-state index contributed by atoms with van der Waals surface area (Å²) in [5.74, 6) is 0.180. The maximum Gasteiger partial charge on any atom is 0.336 e. The lowest BCUT2D eigenvalue weighted by molar-refractivity contribution is 0.0693. The lowest BCUT2D eigenvalue weighted by Crippen LogP contribution is -2.40. The van der Waals surface area contributed by atoms with Crippen molar-refractivity contribution in [2.24, 2.45) is 0 Å². The fourth-order valence-electron chi connectivity index (χ4n) is 1.18. The molecule has 2 N–H and O–H groups in total. The van der Waals surface area contributed by atoms with Crippen LogP contribution in [0.25, 0.3) is 0 Å². The molecule has 0 amide bonds. The zero-order chi connectivity index (χ0) is 13.6. The number of hydrogen-bond donors (Lipinski definition) is 2. The molecule has 9 heteroatoms. The molecule has 0 spiro atoms. The second kappa shape index (κ2) is 7.00. The first-order valence-corrected chi connectivity index (χ1v) is 7.18. The molecular weight excluding hydrogens is 328 g/mol. The molecular formula is C9H13BrN2O5S. The number of halogens is 1. The van der Waals surface area contributed by atoms with Crippen LogP contribution < -0.4 is 0 Å². The fourth-order valence-corrected chi connectivity index (χ4v) is 2.14. The van der Waals surface area contributed by atoms with Crippen LogP contribution >= 0.6 is 15.9 Å². The molecule has 0 saturated carbocycles. The number of nitrogens with zero attached hydrogens (tertiary/aromatic N) is 2. The topological polar surface area (TPSA) is 100.0 Å². The average Bonchev–Trinajstić information content (AvgIpc) is 2.29. The van der Waals surface area contributed by atoms with Crippen LogP contribution in [0, 0.1) is 0 Å². The summed E-state index contributed by atoms with van der Waals surface area (Å²) in [4.78, 5) is 3.69. The predicted molar refractivity (Wildman–Crippen MR) is 67.5 cm³/mol. The van der Waals surface area contributed by atoms with E-state index in [0.717, 1.165) is 8.78 Å². The number of pyridine rings is 1. The van der Waals surface area contributed by atoms with Crippen LogP contribution in [0.15, 0.2) is 22.9 Å². The Kier molecular flexibility index (Phi) is 5.96. The second-order valence-corrected chi connectivity index (χ2v) is 5.68. The Bertz CT molecular complexity index is 458. The normalized spacial score (nSPS) is 16.8. The van der Waals surface area contributed by atoms with E-state index in [1.165, 1.54) is 6.20 Å². The minimum atomic E-state index is -3.97. The molecule has 1 aliphatic heterocycles. The monoisotopic (exact) mass is 340 g/mol. The summed E-state index contributed by atoms with van der Waals surface area (Å²) in [6.07, 6.45) is 2.99. The van der Waals surface area contributed by atoms with Crippen LogP contribution in [0.1, 0.15) is 0 Å². The van der Waals surface area contributed by atoms with Gasteiger partial charge in [-0.25, -0.2) is 0 Å². The minimum absolute atomic E-state index is 0.180. The van der Waals surface area contributed by atoms with Crippen molar-refractivity contribution in [2.45, 2.75) is 0 Å². The van der Waals surface area contributed by atoms with Crippen LogP contribution in [0.4, 0.5) is 0 Å². The number of ether oxygens (including phenoxy) is 1. The molecule has 1 fully saturated rings. The van der Waals surface area contributed by atoms with Crippen molar-refractivity contribution in [2.75, 3.05) is 26.3 Å². The van der Waals surface area contributed by atoms with E-state index >= 15 is 0 Å². The molecule has 0 aliphatic carbocycles. The lowest BCUT2D eigenvalue weighted by atomic mass is 10.5. The molecule has 18 heavy (non-hydrogen) atoms. The quantitative estimate of drug-likeness (QED) is 0.729. The molecule has 0 radical (unpaired) electrons. The molecule has 0 unspecified atom stereocenters. The number of morpholine rings is 1. The van der Waals surface area contributed by atoms with Crippen molar-refractivity contribution < 1.29 is 22.8 Å². The van der Waals surface area contributed by atoms with Gasteiger partial charge in [-0.1, -0.05) is 0 Å². The smallest absolute Gasteiger partial charge is 0.336 e. The van der Waals surface area contributed by atoms with E-state index in [1.54, 1.807) is 12.3 Å². The highest BCUT2D eigenvalue weighted by atomic mass is 79.9. The predicted octanol–water partition coefficient (Wildman–Crippen LogP) is 0.671. The standard InChI is InChI=1S/C5H4BrNO.C4H9NO4S/c6-4-1-5(8)3-7-2-4;6-10(7,8)5-1-3-9-4-2-5/h1-3,8H;1-4H2,(H,6,7,8).